The van der Waals surface area contributed by atoms with Crippen molar-refractivity contribution in [3.63, 3.8) is 0 Å². The normalized spacial score (nSPS) is 11.3. The summed E-state index contributed by atoms with van der Waals surface area (Å²) < 4.78 is 21.9. The molecular weight excluding hydrogens is 240 g/mol. The number of carboxylic acid groups (broad SMARTS) is 1. The Morgan fingerprint density at radius 3 is 2.47 bits per heavy atom. The van der Waals surface area contributed by atoms with Gasteiger partial charge < -0.3 is 5.11 Å². The van der Waals surface area contributed by atoms with Gasteiger partial charge in [-0.25, -0.2) is 13.2 Å². The maximum atomic E-state index is 11.0. The maximum absolute atomic E-state index is 11.0. The van der Waals surface area contributed by atoms with Gasteiger partial charge in [-0.1, -0.05) is 17.7 Å². The van der Waals surface area contributed by atoms with Crippen molar-refractivity contribution in [3.8, 4) is 0 Å². The van der Waals surface area contributed by atoms with Crippen molar-refractivity contribution in [2.45, 2.75) is 5.75 Å². The zero-order valence-electron chi connectivity index (χ0n) is 7.90. The first kappa shape index (κ1) is 12.0. The number of benzene rings is 1. The van der Waals surface area contributed by atoms with Crippen LogP contribution < -0.4 is 0 Å². The van der Waals surface area contributed by atoms with Crippen LogP contribution in [0, 0.1) is 0 Å². The highest BCUT2D eigenvalue weighted by molar-refractivity contribution is 7.89. The second kappa shape index (κ2) is 4.20. The topological polar surface area (TPSA) is 71.4 Å². The van der Waals surface area contributed by atoms with Crippen LogP contribution in [0.2, 0.25) is 5.02 Å². The van der Waals surface area contributed by atoms with Crippen LogP contribution in [0.3, 0.4) is 0 Å². The highest BCUT2D eigenvalue weighted by Gasteiger charge is 2.11. The van der Waals surface area contributed by atoms with E-state index in [-0.39, 0.29) is 16.3 Å². The van der Waals surface area contributed by atoms with Crippen LogP contribution in [0.25, 0.3) is 0 Å². The van der Waals surface area contributed by atoms with Crippen molar-refractivity contribution in [1.82, 2.24) is 0 Å². The maximum Gasteiger partial charge on any atom is 0.337 e. The van der Waals surface area contributed by atoms with E-state index < -0.39 is 15.8 Å². The molecule has 0 aromatic heterocycles. The quantitative estimate of drug-likeness (QED) is 0.882. The summed E-state index contributed by atoms with van der Waals surface area (Å²) in [4.78, 5) is 10.6. The molecule has 1 N–H and O–H groups in total. The fourth-order valence-corrected chi connectivity index (χ4v) is 2.19. The molecule has 0 amide bonds. The summed E-state index contributed by atoms with van der Waals surface area (Å²) in [5.41, 5.74) is 0.446. The third-order valence-corrected chi connectivity index (χ3v) is 2.86. The molecule has 0 fully saturated rings. The van der Waals surface area contributed by atoms with Crippen LogP contribution in [0.4, 0.5) is 0 Å². The van der Waals surface area contributed by atoms with Crippen molar-refractivity contribution < 1.29 is 18.3 Å². The third-order valence-electron chi connectivity index (χ3n) is 1.69. The van der Waals surface area contributed by atoms with Gasteiger partial charge in [-0.2, -0.15) is 0 Å². The summed E-state index contributed by atoms with van der Waals surface area (Å²) in [7, 11) is -3.13. The molecule has 6 heteroatoms. The molecule has 15 heavy (non-hydrogen) atoms. The molecule has 0 saturated heterocycles. The Balaban J connectivity index is 3.07. The molecule has 0 saturated carbocycles. The molecule has 0 unspecified atom stereocenters. The largest absolute Gasteiger partial charge is 0.478 e. The fourth-order valence-electron chi connectivity index (χ4n) is 1.12. The number of aromatic carboxylic acids is 1. The first-order valence-electron chi connectivity index (χ1n) is 3.99. The van der Waals surface area contributed by atoms with Crippen LogP contribution in [0.15, 0.2) is 18.2 Å². The molecular formula is C9H9ClO4S. The van der Waals surface area contributed by atoms with E-state index in [0.29, 0.717) is 5.56 Å². The van der Waals surface area contributed by atoms with Gasteiger partial charge in [0.05, 0.1) is 16.3 Å². The lowest BCUT2D eigenvalue weighted by Gasteiger charge is -2.02. The first-order chi connectivity index (χ1) is 6.79. The van der Waals surface area contributed by atoms with Gasteiger partial charge >= 0.3 is 5.97 Å². The van der Waals surface area contributed by atoms with Crippen molar-refractivity contribution in [2.75, 3.05) is 6.26 Å². The predicted octanol–water partition coefficient (Wildman–Crippen LogP) is 1.58. The molecule has 1 rings (SSSR count). The number of hydrogen-bond donors (Lipinski definition) is 1. The number of hydrogen-bond acceptors (Lipinski definition) is 3. The lowest BCUT2D eigenvalue weighted by molar-refractivity contribution is 0.0697. The van der Waals surface area contributed by atoms with Crippen molar-refractivity contribution in [2.24, 2.45) is 0 Å². The van der Waals surface area contributed by atoms with E-state index in [1.54, 1.807) is 0 Å². The minimum atomic E-state index is -3.13. The monoisotopic (exact) mass is 248 g/mol. The Hall–Kier alpha value is -1.07. The molecule has 1 aromatic carbocycles. The molecule has 0 aliphatic carbocycles. The summed E-state index contributed by atoms with van der Waals surface area (Å²) in [5.74, 6) is -1.28. The van der Waals surface area contributed by atoms with Gasteiger partial charge in [-0.3, -0.25) is 0 Å². The molecule has 4 nitrogen and oxygen atoms in total. The lowest BCUT2D eigenvalue weighted by Crippen LogP contribution is -2.02. The molecule has 0 heterocycles. The zero-order chi connectivity index (χ0) is 11.6. The number of carboxylic acids is 1. The van der Waals surface area contributed by atoms with Gasteiger partial charge in [0.1, 0.15) is 0 Å². The number of halogens is 1. The summed E-state index contributed by atoms with van der Waals surface area (Å²) in [6, 6.07) is 4.09. The summed E-state index contributed by atoms with van der Waals surface area (Å²) in [6.07, 6.45) is 1.10. The second-order valence-corrected chi connectivity index (χ2v) is 5.74. The summed E-state index contributed by atoms with van der Waals surface area (Å²) in [6.45, 7) is 0. The SMILES string of the molecule is CS(=O)(=O)Cc1ccc(C(=O)O)c(Cl)c1. The number of rotatable bonds is 3. The molecule has 0 radical (unpaired) electrons. The van der Waals surface area contributed by atoms with Gasteiger partial charge in [0.25, 0.3) is 0 Å². The fraction of sp³-hybridized carbons (Fsp3) is 0.222. The lowest BCUT2D eigenvalue weighted by atomic mass is 10.1. The van der Waals surface area contributed by atoms with Gasteiger partial charge in [0.2, 0.25) is 0 Å². The van der Waals surface area contributed by atoms with Crippen LogP contribution in [0.5, 0.6) is 0 Å². The molecule has 0 aliphatic rings. The minimum Gasteiger partial charge on any atom is -0.478 e. The molecule has 0 bridgehead atoms. The molecule has 0 atom stereocenters. The Morgan fingerprint density at radius 1 is 1.47 bits per heavy atom. The molecule has 1 aromatic rings. The summed E-state index contributed by atoms with van der Waals surface area (Å²) in [5, 5.41) is 8.73. The van der Waals surface area contributed by atoms with Crippen molar-refractivity contribution >= 4 is 27.4 Å². The van der Waals surface area contributed by atoms with Gasteiger partial charge in [0.15, 0.2) is 9.84 Å². The third kappa shape index (κ3) is 3.53. The van der Waals surface area contributed by atoms with E-state index in [4.69, 9.17) is 16.7 Å². The average Bonchev–Trinajstić information content (AvgIpc) is 1.99. The van der Waals surface area contributed by atoms with Gasteiger partial charge in [0, 0.05) is 6.26 Å². The molecule has 0 spiro atoms. The Kier molecular flexibility index (Phi) is 3.36. The Bertz CT molecular complexity index is 493. The van der Waals surface area contributed by atoms with Gasteiger partial charge in [-0.05, 0) is 17.7 Å². The average molecular weight is 249 g/mol. The molecule has 0 aliphatic heterocycles. The number of sulfone groups is 1. The van der Waals surface area contributed by atoms with E-state index in [1.807, 2.05) is 0 Å². The van der Waals surface area contributed by atoms with Crippen LogP contribution >= 0.6 is 11.6 Å². The Morgan fingerprint density at radius 2 is 2.07 bits per heavy atom. The zero-order valence-corrected chi connectivity index (χ0v) is 9.47. The van der Waals surface area contributed by atoms with Crippen LogP contribution in [-0.2, 0) is 15.6 Å². The predicted molar refractivity (Wildman–Crippen MR) is 57.0 cm³/mol. The van der Waals surface area contributed by atoms with E-state index in [1.165, 1.54) is 18.2 Å². The highest BCUT2D eigenvalue weighted by atomic mass is 35.5. The highest BCUT2D eigenvalue weighted by Crippen LogP contribution is 2.19. The molecule has 82 valence electrons. The second-order valence-electron chi connectivity index (χ2n) is 3.19. The minimum absolute atomic E-state index is 0.0334. The van der Waals surface area contributed by atoms with Crippen molar-refractivity contribution in [1.29, 1.82) is 0 Å². The standard InChI is InChI=1S/C9H9ClO4S/c1-15(13,14)5-6-2-3-7(9(11)12)8(10)4-6/h2-4H,5H2,1H3,(H,11,12). The van der Waals surface area contributed by atoms with E-state index in [2.05, 4.69) is 0 Å². The van der Waals surface area contributed by atoms with E-state index >= 15 is 0 Å². The van der Waals surface area contributed by atoms with Crippen molar-refractivity contribution in [3.05, 3.63) is 34.3 Å². The Labute approximate surface area is 92.4 Å². The number of carbonyl (C=O) groups is 1. The van der Waals surface area contributed by atoms with Gasteiger partial charge in [-0.15, -0.1) is 0 Å². The first-order valence-corrected chi connectivity index (χ1v) is 6.43. The van der Waals surface area contributed by atoms with E-state index in [0.717, 1.165) is 6.26 Å². The van der Waals surface area contributed by atoms with E-state index in [9.17, 15) is 13.2 Å². The summed E-state index contributed by atoms with van der Waals surface area (Å²) >= 11 is 5.68. The van der Waals surface area contributed by atoms with Crippen LogP contribution in [0.1, 0.15) is 15.9 Å². The van der Waals surface area contributed by atoms with Crippen LogP contribution in [-0.4, -0.2) is 25.7 Å². The smallest absolute Gasteiger partial charge is 0.337 e.